The van der Waals surface area contributed by atoms with Gasteiger partial charge in [0.15, 0.2) is 0 Å². The molecule has 1 saturated heterocycles. The molecule has 2 aromatic carbocycles. The summed E-state index contributed by atoms with van der Waals surface area (Å²) in [6.07, 6.45) is 0.0275. The molecule has 0 aliphatic carbocycles. The third-order valence-corrected chi connectivity index (χ3v) is 4.39. The second-order valence-corrected chi connectivity index (χ2v) is 6.12. The summed E-state index contributed by atoms with van der Waals surface area (Å²) in [6.45, 7) is 2.74. The van der Waals surface area contributed by atoms with Crippen LogP contribution >= 0.6 is 0 Å². The van der Waals surface area contributed by atoms with Gasteiger partial charge in [0.2, 0.25) is 0 Å². The van der Waals surface area contributed by atoms with Gasteiger partial charge in [-0.3, -0.25) is 9.69 Å². The highest BCUT2D eigenvalue weighted by atomic mass is 16.5. The zero-order valence-electron chi connectivity index (χ0n) is 13.5. The highest BCUT2D eigenvalue weighted by Crippen LogP contribution is 2.30. The van der Waals surface area contributed by atoms with E-state index in [1.807, 2.05) is 42.5 Å². The van der Waals surface area contributed by atoms with Crippen LogP contribution in [0.2, 0.25) is 0 Å². The van der Waals surface area contributed by atoms with Crippen molar-refractivity contribution in [3.05, 3.63) is 71.3 Å². The minimum Gasteiger partial charge on any atom is -0.481 e. The van der Waals surface area contributed by atoms with Gasteiger partial charge in [0.05, 0.1) is 12.5 Å². The van der Waals surface area contributed by atoms with Crippen molar-refractivity contribution >= 4 is 5.97 Å². The monoisotopic (exact) mass is 326 g/mol. The Morgan fingerprint density at radius 3 is 2.29 bits per heavy atom. The lowest BCUT2D eigenvalue weighted by atomic mass is 9.94. The Kier molecular flexibility index (Phi) is 5.25. The van der Waals surface area contributed by atoms with E-state index >= 15 is 0 Å². The fourth-order valence-electron chi connectivity index (χ4n) is 3.27. The van der Waals surface area contributed by atoms with Crippen LogP contribution in [0.5, 0.6) is 0 Å². The lowest BCUT2D eigenvalue weighted by Gasteiger charge is -2.37. The molecule has 5 nitrogen and oxygen atoms in total. The SMILES string of the molecule is O=C(O)Cc1cccc(C(c2ccccc2)N2CCN(O)CC2)c1. The minimum atomic E-state index is -0.822. The number of carboxylic acids is 1. The van der Waals surface area contributed by atoms with Gasteiger partial charge in [0, 0.05) is 26.2 Å². The second kappa shape index (κ2) is 7.57. The van der Waals surface area contributed by atoms with Crippen molar-refractivity contribution in [2.24, 2.45) is 0 Å². The third kappa shape index (κ3) is 4.00. The van der Waals surface area contributed by atoms with Crippen LogP contribution in [0.15, 0.2) is 54.6 Å². The van der Waals surface area contributed by atoms with E-state index in [-0.39, 0.29) is 12.5 Å². The first-order valence-corrected chi connectivity index (χ1v) is 8.17. The zero-order chi connectivity index (χ0) is 16.9. The quantitative estimate of drug-likeness (QED) is 0.883. The first-order valence-electron chi connectivity index (χ1n) is 8.17. The van der Waals surface area contributed by atoms with E-state index < -0.39 is 5.97 Å². The fraction of sp³-hybridized carbons (Fsp3) is 0.316. The number of nitrogens with zero attached hydrogens (tertiary/aromatic N) is 2. The van der Waals surface area contributed by atoms with Gasteiger partial charge >= 0.3 is 5.97 Å². The van der Waals surface area contributed by atoms with Crippen LogP contribution in [-0.2, 0) is 11.2 Å². The standard InChI is InChI=1S/C19H22N2O3/c22-18(23)14-15-5-4-8-17(13-15)19(16-6-2-1-3-7-16)20-9-11-21(24)12-10-20/h1-8,13,19,24H,9-12,14H2,(H,22,23). The molecule has 0 saturated carbocycles. The fourth-order valence-corrected chi connectivity index (χ4v) is 3.27. The number of piperazine rings is 1. The molecule has 2 aromatic rings. The van der Waals surface area contributed by atoms with E-state index in [9.17, 15) is 10.0 Å². The number of benzene rings is 2. The molecule has 1 aliphatic rings. The van der Waals surface area contributed by atoms with Crippen molar-refractivity contribution in [3.8, 4) is 0 Å². The molecule has 1 atom stereocenters. The molecule has 1 heterocycles. The highest BCUT2D eigenvalue weighted by Gasteiger charge is 2.26. The second-order valence-electron chi connectivity index (χ2n) is 6.12. The van der Waals surface area contributed by atoms with Crippen molar-refractivity contribution < 1.29 is 15.1 Å². The molecule has 1 aliphatic heterocycles. The van der Waals surface area contributed by atoms with Gasteiger partial charge in [-0.1, -0.05) is 54.6 Å². The minimum absolute atomic E-state index is 0.0275. The molecule has 0 amide bonds. The Hall–Kier alpha value is -2.21. The molecule has 1 fully saturated rings. The summed E-state index contributed by atoms with van der Waals surface area (Å²) in [4.78, 5) is 13.3. The predicted octanol–water partition coefficient (Wildman–Crippen LogP) is 2.41. The average Bonchev–Trinajstić information content (AvgIpc) is 2.58. The number of carbonyl (C=O) groups is 1. The Labute approximate surface area is 141 Å². The number of rotatable bonds is 5. The Balaban J connectivity index is 1.94. The molecule has 2 N–H and O–H groups in total. The number of hydrogen-bond acceptors (Lipinski definition) is 4. The van der Waals surface area contributed by atoms with Gasteiger partial charge in [-0.25, -0.2) is 0 Å². The normalized spacial score (nSPS) is 17.5. The Bertz CT molecular complexity index is 682. The van der Waals surface area contributed by atoms with Gasteiger partial charge in [-0.2, -0.15) is 5.06 Å². The van der Waals surface area contributed by atoms with Crippen LogP contribution < -0.4 is 0 Å². The Morgan fingerprint density at radius 1 is 0.958 bits per heavy atom. The maximum absolute atomic E-state index is 11.0. The first kappa shape index (κ1) is 16.6. The van der Waals surface area contributed by atoms with E-state index in [2.05, 4.69) is 17.0 Å². The smallest absolute Gasteiger partial charge is 0.307 e. The molecule has 1 unspecified atom stereocenters. The van der Waals surface area contributed by atoms with Crippen molar-refractivity contribution in [3.63, 3.8) is 0 Å². The van der Waals surface area contributed by atoms with Gasteiger partial charge < -0.3 is 10.3 Å². The van der Waals surface area contributed by atoms with Crippen molar-refractivity contribution in [2.75, 3.05) is 26.2 Å². The van der Waals surface area contributed by atoms with E-state index in [1.165, 1.54) is 10.6 Å². The van der Waals surface area contributed by atoms with Crippen LogP contribution in [0.1, 0.15) is 22.7 Å². The number of carboxylic acid groups (broad SMARTS) is 1. The van der Waals surface area contributed by atoms with Crippen LogP contribution in [0.25, 0.3) is 0 Å². The van der Waals surface area contributed by atoms with Crippen molar-refractivity contribution in [2.45, 2.75) is 12.5 Å². The molecular formula is C19H22N2O3. The van der Waals surface area contributed by atoms with Gasteiger partial charge in [0.25, 0.3) is 0 Å². The summed E-state index contributed by atoms with van der Waals surface area (Å²) >= 11 is 0. The summed E-state index contributed by atoms with van der Waals surface area (Å²) in [6, 6.07) is 18.1. The lowest BCUT2D eigenvalue weighted by molar-refractivity contribution is -0.136. The summed E-state index contributed by atoms with van der Waals surface area (Å²) < 4.78 is 0. The van der Waals surface area contributed by atoms with Crippen molar-refractivity contribution in [1.82, 2.24) is 9.96 Å². The molecule has 0 radical (unpaired) electrons. The molecule has 3 rings (SSSR count). The number of aliphatic carboxylic acids is 1. The van der Waals surface area contributed by atoms with Gasteiger partial charge in [0.1, 0.15) is 0 Å². The van der Waals surface area contributed by atoms with E-state index in [0.717, 1.165) is 24.2 Å². The topological polar surface area (TPSA) is 64.0 Å². The summed E-state index contributed by atoms with van der Waals surface area (Å²) in [7, 11) is 0. The third-order valence-electron chi connectivity index (χ3n) is 4.39. The summed E-state index contributed by atoms with van der Waals surface area (Å²) in [5.74, 6) is -0.822. The van der Waals surface area contributed by atoms with Gasteiger partial charge in [-0.05, 0) is 16.7 Å². The maximum atomic E-state index is 11.0. The highest BCUT2D eigenvalue weighted by molar-refractivity contribution is 5.70. The molecule has 126 valence electrons. The Morgan fingerprint density at radius 2 is 1.62 bits per heavy atom. The molecule has 0 spiro atoms. The van der Waals surface area contributed by atoms with Crippen LogP contribution in [0.3, 0.4) is 0 Å². The predicted molar refractivity (Wildman–Crippen MR) is 91.0 cm³/mol. The van der Waals surface area contributed by atoms with Crippen LogP contribution in [-0.4, -0.2) is 52.4 Å². The molecule has 5 heteroatoms. The van der Waals surface area contributed by atoms with Crippen LogP contribution in [0.4, 0.5) is 0 Å². The number of hydrogen-bond donors (Lipinski definition) is 2. The maximum Gasteiger partial charge on any atom is 0.307 e. The molecule has 0 bridgehead atoms. The van der Waals surface area contributed by atoms with E-state index in [0.29, 0.717) is 13.1 Å². The lowest BCUT2D eigenvalue weighted by Crippen LogP contribution is -2.46. The zero-order valence-corrected chi connectivity index (χ0v) is 13.5. The van der Waals surface area contributed by atoms with Crippen LogP contribution in [0, 0.1) is 0 Å². The first-order chi connectivity index (χ1) is 11.6. The molecule has 24 heavy (non-hydrogen) atoms. The van der Waals surface area contributed by atoms with Crippen molar-refractivity contribution in [1.29, 1.82) is 0 Å². The largest absolute Gasteiger partial charge is 0.481 e. The molecular weight excluding hydrogens is 304 g/mol. The average molecular weight is 326 g/mol. The summed E-state index contributed by atoms with van der Waals surface area (Å²) in [5.41, 5.74) is 3.07. The van der Waals surface area contributed by atoms with E-state index in [4.69, 9.17) is 5.11 Å². The van der Waals surface area contributed by atoms with Gasteiger partial charge in [-0.15, -0.1) is 0 Å². The molecule has 0 aromatic heterocycles. The number of hydroxylamine groups is 2. The summed E-state index contributed by atoms with van der Waals surface area (Å²) in [5, 5.41) is 20.0. The van der Waals surface area contributed by atoms with E-state index in [1.54, 1.807) is 0 Å².